The molecular weight excluding hydrogens is 711 g/mol. The van der Waals surface area contributed by atoms with Gasteiger partial charge in [0.2, 0.25) is 5.91 Å². The predicted octanol–water partition coefficient (Wildman–Crippen LogP) is 16.7. The zero-order chi connectivity index (χ0) is 42.1. The lowest BCUT2D eigenvalue weighted by atomic mass is 10.0. The maximum Gasteiger partial charge on any atom is 0.220 e. The molecule has 0 bridgehead atoms. The van der Waals surface area contributed by atoms with E-state index in [-0.39, 0.29) is 12.5 Å². The molecule has 1 amide bonds. The fraction of sp³-hybridized carbons (Fsp3) is 0.833. The van der Waals surface area contributed by atoms with E-state index in [1.54, 1.807) is 6.08 Å². The Morgan fingerprint density at radius 2 is 0.741 bits per heavy atom. The number of carbonyl (C=O) groups is 1. The third-order valence-corrected chi connectivity index (χ3v) is 11.9. The van der Waals surface area contributed by atoms with Crippen LogP contribution in [0.15, 0.2) is 48.6 Å². The topological polar surface area (TPSA) is 69.6 Å². The first-order valence-corrected chi connectivity index (χ1v) is 25.8. The van der Waals surface area contributed by atoms with Crippen molar-refractivity contribution in [1.29, 1.82) is 0 Å². The van der Waals surface area contributed by atoms with Gasteiger partial charge in [-0.25, -0.2) is 0 Å². The molecule has 0 rings (SSSR count). The molecule has 0 aliphatic heterocycles. The molecule has 0 saturated carbocycles. The highest BCUT2D eigenvalue weighted by Crippen LogP contribution is 2.17. The van der Waals surface area contributed by atoms with Gasteiger partial charge in [-0.15, -0.1) is 0 Å². The normalized spacial score (nSPS) is 13.2. The van der Waals surface area contributed by atoms with Crippen LogP contribution in [0.5, 0.6) is 0 Å². The second-order valence-electron chi connectivity index (χ2n) is 17.6. The average Bonchev–Trinajstić information content (AvgIpc) is 3.23. The van der Waals surface area contributed by atoms with Crippen molar-refractivity contribution in [3.8, 4) is 0 Å². The van der Waals surface area contributed by atoms with Crippen LogP contribution in [0.4, 0.5) is 0 Å². The molecule has 0 radical (unpaired) electrons. The van der Waals surface area contributed by atoms with Crippen LogP contribution in [0, 0.1) is 0 Å². The molecule has 0 spiro atoms. The fourth-order valence-corrected chi connectivity index (χ4v) is 7.92. The number of unbranched alkanes of at least 4 members (excludes halogenated alkanes) is 35. The minimum atomic E-state index is -0.866. The van der Waals surface area contributed by atoms with Gasteiger partial charge < -0.3 is 15.5 Å². The van der Waals surface area contributed by atoms with E-state index in [1.807, 2.05) is 13.0 Å². The molecule has 0 aromatic heterocycles. The molecule has 2 atom stereocenters. The molecule has 3 N–H and O–H groups in total. The van der Waals surface area contributed by atoms with Gasteiger partial charge in [-0.2, -0.15) is 0 Å². The van der Waals surface area contributed by atoms with Crippen molar-refractivity contribution in [3.05, 3.63) is 48.6 Å². The summed E-state index contributed by atoms with van der Waals surface area (Å²) < 4.78 is 0. The predicted molar refractivity (Wildman–Crippen MR) is 258 cm³/mol. The molecule has 2 unspecified atom stereocenters. The van der Waals surface area contributed by atoms with Crippen LogP contribution in [0.1, 0.15) is 271 Å². The van der Waals surface area contributed by atoms with Gasteiger partial charge in [0.05, 0.1) is 18.8 Å². The van der Waals surface area contributed by atoms with Crippen LogP contribution >= 0.6 is 0 Å². The van der Waals surface area contributed by atoms with Crippen LogP contribution in [0.3, 0.4) is 0 Å². The molecule has 4 heteroatoms. The highest BCUT2D eigenvalue weighted by Gasteiger charge is 2.17. The quantitative estimate of drug-likeness (QED) is 0.0423. The second-order valence-corrected chi connectivity index (χ2v) is 17.6. The molecule has 0 saturated heterocycles. The Morgan fingerprint density at radius 1 is 0.431 bits per heavy atom. The molecule has 0 aromatic carbocycles. The van der Waals surface area contributed by atoms with Crippen molar-refractivity contribution in [1.82, 2.24) is 5.32 Å². The van der Waals surface area contributed by atoms with Crippen LogP contribution in [0.25, 0.3) is 0 Å². The van der Waals surface area contributed by atoms with Crippen molar-refractivity contribution >= 4 is 5.91 Å². The lowest BCUT2D eigenvalue weighted by Gasteiger charge is -2.19. The zero-order valence-electron chi connectivity index (χ0n) is 39.1. The number of aliphatic hydroxyl groups excluding tert-OH is 2. The van der Waals surface area contributed by atoms with Crippen molar-refractivity contribution in [3.63, 3.8) is 0 Å². The van der Waals surface area contributed by atoms with E-state index in [0.29, 0.717) is 6.42 Å². The van der Waals surface area contributed by atoms with E-state index < -0.39 is 12.1 Å². The monoisotopic (exact) mass is 812 g/mol. The number of carbonyl (C=O) groups excluding carboxylic acids is 1. The third-order valence-electron chi connectivity index (χ3n) is 11.9. The van der Waals surface area contributed by atoms with Gasteiger partial charge in [0.1, 0.15) is 0 Å². The SMILES string of the molecule is C/C=C/CC/C=C/CC/C=C/C(O)C(CO)NC(=O)CCCCCCCCCCCCCCCCCCCCCCCCCCC/C=C\CCCCCCCCCC. The van der Waals surface area contributed by atoms with Gasteiger partial charge in [0.25, 0.3) is 0 Å². The van der Waals surface area contributed by atoms with E-state index in [2.05, 4.69) is 48.7 Å². The maximum absolute atomic E-state index is 12.4. The van der Waals surface area contributed by atoms with Crippen molar-refractivity contribution in [2.24, 2.45) is 0 Å². The van der Waals surface area contributed by atoms with Crippen molar-refractivity contribution in [2.75, 3.05) is 6.61 Å². The summed E-state index contributed by atoms with van der Waals surface area (Å²) in [6.07, 6.45) is 68.8. The van der Waals surface area contributed by atoms with E-state index in [4.69, 9.17) is 0 Å². The van der Waals surface area contributed by atoms with Crippen LogP contribution in [-0.2, 0) is 4.79 Å². The number of hydrogen-bond acceptors (Lipinski definition) is 3. The molecule has 4 nitrogen and oxygen atoms in total. The number of aliphatic hydroxyl groups is 2. The Morgan fingerprint density at radius 3 is 1.10 bits per heavy atom. The molecule has 58 heavy (non-hydrogen) atoms. The first kappa shape index (κ1) is 56.4. The highest BCUT2D eigenvalue weighted by molar-refractivity contribution is 5.76. The van der Waals surface area contributed by atoms with E-state index in [1.165, 1.54) is 212 Å². The summed E-state index contributed by atoms with van der Waals surface area (Å²) in [5.74, 6) is -0.0781. The lowest BCUT2D eigenvalue weighted by molar-refractivity contribution is -0.123. The number of hydrogen-bond donors (Lipinski definition) is 3. The van der Waals surface area contributed by atoms with Gasteiger partial charge >= 0.3 is 0 Å². The van der Waals surface area contributed by atoms with Crippen LogP contribution in [-0.4, -0.2) is 34.9 Å². The summed E-state index contributed by atoms with van der Waals surface area (Å²) in [5.41, 5.74) is 0. The van der Waals surface area contributed by atoms with E-state index in [9.17, 15) is 15.0 Å². The summed E-state index contributed by atoms with van der Waals surface area (Å²) in [6.45, 7) is 4.07. The Bertz CT molecular complexity index is 923. The van der Waals surface area contributed by atoms with E-state index in [0.717, 1.165) is 38.5 Å². The molecule has 0 aliphatic carbocycles. The molecule has 0 fully saturated rings. The standard InChI is InChI=1S/C54H101NO3/c1-3-5-7-9-11-13-14-15-16-17-18-19-20-21-22-23-24-25-26-27-28-29-30-31-32-33-34-35-36-37-38-39-40-42-44-46-48-50-54(58)55-52(51-56)53(57)49-47-45-43-41-12-10-8-6-4-2/h4,6,12,17-18,41,47,49,52-53,56-57H,3,5,7-11,13-16,19-40,42-46,48,50-51H2,1-2H3,(H,55,58)/b6-4+,18-17-,41-12+,49-47+. The van der Waals surface area contributed by atoms with Crippen molar-refractivity contribution in [2.45, 2.75) is 283 Å². The second kappa shape index (κ2) is 49.7. The smallest absolute Gasteiger partial charge is 0.220 e. The first-order chi connectivity index (χ1) is 28.7. The Labute approximate surface area is 363 Å². The summed E-state index contributed by atoms with van der Waals surface area (Å²) in [7, 11) is 0. The summed E-state index contributed by atoms with van der Waals surface area (Å²) in [6, 6.07) is -0.642. The molecule has 0 heterocycles. The maximum atomic E-state index is 12.4. The summed E-state index contributed by atoms with van der Waals surface area (Å²) >= 11 is 0. The first-order valence-electron chi connectivity index (χ1n) is 25.8. The largest absolute Gasteiger partial charge is 0.394 e. The minimum Gasteiger partial charge on any atom is -0.394 e. The van der Waals surface area contributed by atoms with Gasteiger partial charge in [-0.05, 0) is 64.7 Å². The Hall–Kier alpha value is -1.65. The van der Waals surface area contributed by atoms with Crippen LogP contribution < -0.4 is 5.32 Å². The third kappa shape index (κ3) is 45.4. The molecule has 0 aromatic rings. The molecule has 0 aliphatic rings. The Kier molecular flexibility index (Phi) is 48.3. The van der Waals surface area contributed by atoms with E-state index >= 15 is 0 Å². The number of nitrogens with one attached hydrogen (secondary N) is 1. The van der Waals surface area contributed by atoms with Gasteiger partial charge in [0.15, 0.2) is 0 Å². The number of allylic oxidation sites excluding steroid dienone is 7. The van der Waals surface area contributed by atoms with Gasteiger partial charge in [-0.3, -0.25) is 4.79 Å². The molecule has 340 valence electrons. The average molecular weight is 812 g/mol. The van der Waals surface area contributed by atoms with Gasteiger partial charge in [-0.1, -0.05) is 248 Å². The molecular formula is C54H101NO3. The highest BCUT2D eigenvalue weighted by atomic mass is 16.3. The fourth-order valence-electron chi connectivity index (χ4n) is 7.92. The minimum absolute atomic E-state index is 0.0781. The Balaban J connectivity index is 3.35. The van der Waals surface area contributed by atoms with Gasteiger partial charge in [0, 0.05) is 6.42 Å². The number of rotatable bonds is 47. The van der Waals surface area contributed by atoms with Crippen LogP contribution in [0.2, 0.25) is 0 Å². The lowest BCUT2D eigenvalue weighted by Crippen LogP contribution is -2.45. The van der Waals surface area contributed by atoms with Crippen molar-refractivity contribution < 1.29 is 15.0 Å². The summed E-state index contributed by atoms with van der Waals surface area (Å²) in [5, 5.41) is 22.9. The summed E-state index contributed by atoms with van der Waals surface area (Å²) in [4.78, 5) is 12.4. The number of amides is 1. The zero-order valence-corrected chi connectivity index (χ0v) is 39.1.